The number of methoxy groups -OCH3 is 1. The van der Waals surface area contributed by atoms with Crippen LogP contribution in [-0.2, 0) is 0 Å². The van der Waals surface area contributed by atoms with Gasteiger partial charge in [0.05, 0.1) is 12.8 Å². The fourth-order valence-electron chi connectivity index (χ4n) is 1.85. The van der Waals surface area contributed by atoms with E-state index >= 15 is 0 Å². The topological polar surface area (TPSA) is 98.3 Å². The van der Waals surface area contributed by atoms with Crippen LogP contribution in [0.2, 0.25) is 0 Å². The molecular formula is C12H11N5O2. The van der Waals surface area contributed by atoms with E-state index in [9.17, 15) is 4.79 Å². The molecule has 0 aliphatic heterocycles. The lowest BCUT2D eigenvalue weighted by Gasteiger charge is -2.03. The molecule has 0 spiro atoms. The SMILES string of the molecule is COc1ccc(-c2cc(=O)n3c(N)n[nH]c3n2)cc1. The maximum absolute atomic E-state index is 11.9. The lowest BCUT2D eigenvalue weighted by molar-refractivity contribution is 0.415. The van der Waals surface area contributed by atoms with Gasteiger partial charge in [0.1, 0.15) is 5.75 Å². The summed E-state index contributed by atoms with van der Waals surface area (Å²) in [6.45, 7) is 0. The van der Waals surface area contributed by atoms with Crippen LogP contribution >= 0.6 is 0 Å². The Labute approximate surface area is 107 Å². The van der Waals surface area contributed by atoms with Crippen LogP contribution in [0, 0.1) is 0 Å². The molecule has 3 rings (SSSR count). The molecule has 0 saturated heterocycles. The molecule has 1 aromatic carbocycles. The number of fused-ring (bicyclic) bond motifs is 1. The standard InChI is InChI=1S/C12H11N5O2/c1-19-8-4-2-7(3-5-8)9-6-10(18)17-11(13)15-16-12(17)14-9/h2-6H,1H3,(H2,13,15)(H,14,16). The maximum atomic E-state index is 11.9. The second-order valence-corrected chi connectivity index (χ2v) is 3.95. The summed E-state index contributed by atoms with van der Waals surface area (Å²) in [5.41, 5.74) is 6.66. The van der Waals surface area contributed by atoms with E-state index in [1.165, 1.54) is 10.5 Å². The van der Waals surface area contributed by atoms with Crippen molar-refractivity contribution in [1.82, 2.24) is 19.6 Å². The Balaban J connectivity index is 2.17. The highest BCUT2D eigenvalue weighted by Crippen LogP contribution is 2.19. The molecule has 3 aromatic rings. The molecular weight excluding hydrogens is 246 g/mol. The molecule has 0 aliphatic rings. The average Bonchev–Trinajstić information content (AvgIpc) is 2.81. The number of nitrogen functional groups attached to an aromatic ring is 1. The Morgan fingerprint density at radius 3 is 2.74 bits per heavy atom. The zero-order chi connectivity index (χ0) is 13.4. The van der Waals surface area contributed by atoms with Crippen LogP contribution in [0.3, 0.4) is 0 Å². The van der Waals surface area contributed by atoms with Gasteiger partial charge in [0, 0.05) is 11.6 Å². The molecule has 0 bridgehead atoms. The number of aromatic nitrogens is 4. The van der Waals surface area contributed by atoms with Crippen LogP contribution in [0.15, 0.2) is 35.1 Å². The van der Waals surface area contributed by atoms with E-state index in [2.05, 4.69) is 15.2 Å². The van der Waals surface area contributed by atoms with Crippen molar-refractivity contribution in [3.8, 4) is 17.0 Å². The summed E-state index contributed by atoms with van der Waals surface area (Å²) in [4.78, 5) is 16.2. The molecule has 19 heavy (non-hydrogen) atoms. The first-order chi connectivity index (χ1) is 9.19. The van der Waals surface area contributed by atoms with Gasteiger partial charge in [-0.3, -0.25) is 4.79 Å². The van der Waals surface area contributed by atoms with Crippen molar-refractivity contribution in [3.05, 3.63) is 40.7 Å². The van der Waals surface area contributed by atoms with Crippen LogP contribution in [-0.4, -0.2) is 26.7 Å². The van der Waals surface area contributed by atoms with Gasteiger partial charge in [-0.05, 0) is 24.3 Å². The number of benzene rings is 1. The second kappa shape index (κ2) is 4.13. The number of nitrogens with two attached hydrogens (primary N) is 1. The molecule has 0 atom stereocenters. The third-order valence-electron chi connectivity index (χ3n) is 2.80. The van der Waals surface area contributed by atoms with Gasteiger partial charge in [0.25, 0.3) is 5.56 Å². The molecule has 3 N–H and O–H groups in total. The average molecular weight is 257 g/mol. The second-order valence-electron chi connectivity index (χ2n) is 3.95. The summed E-state index contributed by atoms with van der Waals surface area (Å²) in [6, 6.07) is 8.69. The third-order valence-corrected chi connectivity index (χ3v) is 2.80. The van der Waals surface area contributed by atoms with Crippen LogP contribution in [0.1, 0.15) is 0 Å². The van der Waals surface area contributed by atoms with E-state index in [0.717, 1.165) is 11.3 Å². The quantitative estimate of drug-likeness (QED) is 0.703. The monoisotopic (exact) mass is 257 g/mol. The first kappa shape index (κ1) is 11.3. The van der Waals surface area contributed by atoms with Gasteiger partial charge in [0.2, 0.25) is 11.7 Å². The molecule has 0 fully saturated rings. The van der Waals surface area contributed by atoms with Crippen molar-refractivity contribution >= 4 is 11.7 Å². The number of nitrogens with one attached hydrogen (secondary N) is 1. The molecule has 96 valence electrons. The third kappa shape index (κ3) is 1.81. The van der Waals surface area contributed by atoms with E-state index in [1.54, 1.807) is 19.2 Å². The molecule has 0 aliphatic carbocycles. The number of aromatic amines is 1. The van der Waals surface area contributed by atoms with E-state index < -0.39 is 0 Å². The zero-order valence-corrected chi connectivity index (χ0v) is 10.1. The molecule has 0 saturated carbocycles. The smallest absolute Gasteiger partial charge is 0.262 e. The predicted molar refractivity (Wildman–Crippen MR) is 70.0 cm³/mol. The van der Waals surface area contributed by atoms with Crippen LogP contribution in [0.5, 0.6) is 5.75 Å². The first-order valence-electron chi connectivity index (χ1n) is 5.57. The fourth-order valence-corrected chi connectivity index (χ4v) is 1.85. The fraction of sp³-hybridized carbons (Fsp3) is 0.0833. The van der Waals surface area contributed by atoms with E-state index in [1.807, 2.05) is 12.1 Å². The largest absolute Gasteiger partial charge is 0.497 e. The van der Waals surface area contributed by atoms with Gasteiger partial charge in [-0.1, -0.05) is 0 Å². The van der Waals surface area contributed by atoms with Crippen molar-refractivity contribution in [3.63, 3.8) is 0 Å². The van der Waals surface area contributed by atoms with Crippen molar-refractivity contribution in [2.45, 2.75) is 0 Å². The molecule has 0 unspecified atom stereocenters. The highest BCUT2D eigenvalue weighted by atomic mass is 16.5. The normalized spacial score (nSPS) is 10.8. The number of rotatable bonds is 2. The van der Waals surface area contributed by atoms with Gasteiger partial charge in [-0.25, -0.2) is 14.5 Å². The van der Waals surface area contributed by atoms with Gasteiger partial charge < -0.3 is 10.5 Å². The highest BCUT2D eigenvalue weighted by Gasteiger charge is 2.08. The number of H-pyrrole nitrogens is 1. The Morgan fingerprint density at radius 1 is 1.32 bits per heavy atom. The van der Waals surface area contributed by atoms with Gasteiger partial charge >= 0.3 is 0 Å². The van der Waals surface area contributed by atoms with Gasteiger partial charge in [0.15, 0.2) is 0 Å². The minimum Gasteiger partial charge on any atom is -0.497 e. The lowest BCUT2D eigenvalue weighted by Crippen LogP contribution is -2.15. The molecule has 7 heteroatoms. The van der Waals surface area contributed by atoms with Crippen molar-refractivity contribution < 1.29 is 4.74 Å². The van der Waals surface area contributed by atoms with Crippen molar-refractivity contribution in [2.75, 3.05) is 12.8 Å². The minimum absolute atomic E-state index is 0.0915. The summed E-state index contributed by atoms with van der Waals surface area (Å²) >= 11 is 0. The molecule has 2 heterocycles. The Hall–Kier alpha value is -2.83. The minimum atomic E-state index is -0.276. The maximum Gasteiger partial charge on any atom is 0.262 e. The number of nitrogens with zero attached hydrogens (tertiary/aromatic N) is 3. The van der Waals surface area contributed by atoms with E-state index in [0.29, 0.717) is 11.5 Å². The summed E-state index contributed by atoms with van der Waals surface area (Å²) in [6.07, 6.45) is 0. The number of hydrogen-bond acceptors (Lipinski definition) is 5. The Morgan fingerprint density at radius 2 is 2.05 bits per heavy atom. The molecule has 0 amide bonds. The molecule has 2 aromatic heterocycles. The lowest BCUT2D eigenvalue weighted by atomic mass is 10.1. The number of ether oxygens (including phenoxy) is 1. The molecule has 7 nitrogen and oxygen atoms in total. The summed E-state index contributed by atoms with van der Waals surface area (Å²) in [5.74, 6) is 1.15. The highest BCUT2D eigenvalue weighted by molar-refractivity contribution is 5.61. The Kier molecular flexibility index (Phi) is 2.45. The summed E-state index contributed by atoms with van der Waals surface area (Å²) in [5, 5.41) is 6.37. The zero-order valence-electron chi connectivity index (χ0n) is 10.1. The van der Waals surface area contributed by atoms with Crippen LogP contribution < -0.4 is 16.0 Å². The van der Waals surface area contributed by atoms with Crippen molar-refractivity contribution in [1.29, 1.82) is 0 Å². The first-order valence-corrected chi connectivity index (χ1v) is 5.57. The van der Waals surface area contributed by atoms with E-state index in [-0.39, 0.29) is 11.5 Å². The van der Waals surface area contributed by atoms with E-state index in [4.69, 9.17) is 10.5 Å². The Bertz CT molecular complexity index is 788. The summed E-state index contributed by atoms with van der Waals surface area (Å²) in [7, 11) is 1.60. The van der Waals surface area contributed by atoms with Crippen molar-refractivity contribution in [2.24, 2.45) is 0 Å². The van der Waals surface area contributed by atoms with Crippen LogP contribution in [0.4, 0.5) is 5.95 Å². The van der Waals surface area contributed by atoms with Gasteiger partial charge in [-0.2, -0.15) is 0 Å². The van der Waals surface area contributed by atoms with Crippen LogP contribution in [0.25, 0.3) is 17.0 Å². The number of hydrogen-bond donors (Lipinski definition) is 2. The summed E-state index contributed by atoms with van der Waals surface area (Å²) < 4.78 is 6.30. The predicted octanol–water partition coefficient (Wildman–Crippen LogP) is 0.675. The molecule has 0 radical (unpaired) electrons. The van der Waals surface area contributed by atoms with Gasteiger partial charge in [-0.15, -0.1) is 5.10 Å². The number of anilines is 1.